The van der Waals surface area contributed by atoms with Gasteiger partial charge in [-0.15, -0.1) is 0 Å². The molecule has 0 aromatic heterocycles. The number of aliphatic hydroxyl groups excluding tert-OH is 2. The van der Waals surface area contributed by atoms with Gasteiger partial charge in [0.25, 0.3) is 0 Å². The molecule has 0 aliphatic carbocycles. The van der Waals surface area contributed by atoms with Crippen molar-refractivity contribution in [3.63, 3.8) is 0 Å². The molecule has 2 atom stereocenters. The molecule has 0 aromatic rings. The predicted octanol–water partition coefficient (Wildman–Crippen LogP) is 10.9. The Bertz CT molecular complexity index is 849. The molecule has 4 nitrogen and oxygen atoms in total. The lowest BCUT2D eigenvalue weighted by Crippen LogP contribution is -2.45. The monoisotopic (exact) mass is 624 g/mol. The molecular formula is C41H69NO3. The fraction of sp³-hybridized carbons (Fsp3) is 0.634. The van der Waals surface area contributed by atoms with Crippen molar-refractivity contribution in [1.82, 2.24) is 5.32 Å². The van der Waals surface area contributed by atoms with Gasteiger partial charge >= 0.3 is 0 Å². The Labute approximate surface area is 278 Å². The van der Waals surface area contributed by atoms with E-state index in [9.17, 15) is 15.0 Å². The van der Waals surface area contributed by atoms with Gasteiger partial charge < -0.3 is 15.5 Å². The number of carbonyl (C=O) groups excluding carboxylic acids is 1. The molecule has 0 bridgehead atoms. The number of aliphatic hydroxyl groups is 2. The molecule has 0 saturated carbocycles. The van der Waals surface area contributed by atoms with E-state index >= 15 is 0 Å². The molecule has 0 radical (unpaired) electrons. The van der Waals surface area contributed by atoms with Crippen molar-refractivity contribution in [1.29, 1.82) is 0 Å². The van der Waals surface area contributed by atoms with Crippen molar-refractivity contribution in [2.45, 2.75) is 161 Å². The Balaban J connectivity index is 3.82. The summed E-state index contributed by atoms with van der Waals surface area (Å²) in [6.45, 7) is 4.13. The number of carbonyl (C=O) groups is 1. The first-order valence-corrected chi connectivity index (χ1v) is 18.3. The summed E-state index contributed by atoms with van der Waals surface area (Å²) in [5.74, 6) is -0.124. The second-order valence-corrected chi connectivity index (χ2v) is 11.9. The Morgan fingerprint density at radius 1 is 0.556 bits per heavy atom. The zero-order valence-corrected chi connectivity index (χ0v) is 29.1. The average Bonchev–Trinajstić information content (AvgIpc) is 3.04. The zero-order chi connectivity index (χ0) is 32.9. The first kappa shape index (κ1) is 42.6. The van der Waals surface area contributed by atoms with E-state index in [1.807, 2.05) is 6.08 Å². The van der Waals surface area contributed by atoms with Gasteiger partial charge in [0, 0.05) is 6.42 Å². The first-order chi connectivity index (χ1) is 22.2. The molecule has 1 amide bonds. The van der Waals surface area contributed by atoms with Crippen LogP contribution in [-0.2, 0) is 4.79 Å². The molecule has 0 aliphatic heterocycles. The number of amides is 1. The van der Waals surface area contributed by atoms with Crippen LogP contribution in [0.4, 0.5) is 0 Å². The van der Waals surface area contributed by atoms with Crippen molar-refractivity contribution < 1.29 is 15.0 Å². The summed E-state index contributed by atoms with van der Waals surface area (Å²) < 4.78 is 0. The highest BCUT2D eigenvalue weighted by atomic mass is 16.3. The molecule has 0 heterocycles. The van der Waals surface area contributed by atoms with Gasteiger partial charge in [0.05, 0.1) is 18.8 Å². The van der Waals surface area contributed by atoms with Crippen molar-refractivity contribution >= 4 is 5.91 Å². The number of rotatable bonds is 31. The van der Waals surface area contributed by atoms with E-state index in [2.05, 4.69) is 92.1 Å². The molecule has 0 spiro atoms. The number of allylic oxidation sites excluding steroid dienone is 13. The maximum Gasteiger partial charge on any atom is 0.220 e. The quantitative estimate of drug-likeness (QED) is 0.0531. The normalized spacial score (nSPS) is 14.1. The maximum absolute atomic E-state index is 12.3. The second-order valence-electron chi connectivity index (χ2n) is 11.9. The summed E-state index contributed by atoms with van der Waals surface area (Å²) in [7, 11) is 0. The molecule has 0 fully saturated rings. The van der Waals surface area contributed by atoms with Crippen LogP contribution < -0.4 is 5.32 Å². The van der Waals surface area contributed by atoms with Crippen molar-refractivity contribution in [3.8, 4) is 0 Å². The second kappa shape index (κ2) is 36.0. The van der Waals surface area contributed by atoms with Gasteiger partial charge in [-0.2, -0.15) is 0 Å². The minimum Gasteiger partial charge on any atom is -0.394 e. The largest absolute Gasteiger partial charge is 0.394 e. The average molecular weight is 624 g/mol. The van der Waals surface area contributed by atoms with Crippen molar-refractivity contribution in [2.75, 3.05) is 6.61 Å². The van der Waals surface area contributed by atoms with E-state index in [1.54, 1.807) is 6.08 Å². The first-order valence-electron chi connectivity index (χ1n) is 18.3. The van der Waals surface area contributed by atoms with E-state index in [1.165, 1.54) is 57.8 Å². The third-order valence-electron chi connectivity index (χ3n) is 7.59. The smallest absolute Gasteiger partial charge is 0.220 e. The van der Waals surface area contributed by atoms with Gasteiger partial charge in [-0.25, -0.2) is 0 Å². The summed E-state index contributed by atoms with van der Waals surface area (Å²) in [5.41, 5.74) is 0. The van der Waals surface area contributed by atoms with Crippen LogP contribution in [0.15, 0.2) is 85.1 Å². The zero-order valence-electron chi connectivity index (χ0n) is 29.1. The molecule has 0 aromatic carbocycles. The maximum atomic E-state index is 12.3. The topological polar surface area (TPSA) is 69.6 Å². The van der Waals surface area contributed by atoms with Crippen molar-refractivity contribution in [2.24, 2.45) is 0 Å². The third kappa shape index (κ3) is 32.8. The molecule has 0 rings (SSSR count). The van der Waals surface area contributed by atoms with Crippen LogP contribution in [0.5, 0.6) is 0 Å². The van der Waals surface area contributed by atoms with Crippen LogP contribution in [-0.4, -0.2) is 34.9 Å². The van der Waals surface area contributed by atoms with Crippen LogP contribution in [0.2, 0.25) is 0 Å². The summed E-state index contributed by atoms with van der Waals surface area (Å²) in [4.78, 5) is 12.3. The van der Waals surface area contributed by atoms with Crippen LogP contribution in [0, 0.1) is 0 Å². The van der Waals surface area contributed by atoms with Gasteiger partial charge in [0.1, 0.15) is 0 Å². The van der Waals surface area contributed by atoms with Gasteiger partial charge in [-0.05, 0) is 83.5 Å². The predicted molar refractivity (Wildman–Crippen MR) is 197 cm³/mol. The Kier molecular flexibility index (Phi) is 34.1. The highest BCUT2D eigenvalue weighted by Gasteiger charge is 2.17. The van der Waals surface area contributed by atoms with Gasteiger partial charge in [-0.3, -0.25) is 4.79 Å². The lowest BCUT2D eigenvalue weighted by molar-refractivity contribution is -0.123. The molecular weight excluding hydrogens is 554 g/mol. The molecule has 0 aliphatic rings. The lowest BCUT2D eigenvalue weighted by atomic mass is 10.1. The van der Waals surface area contributed by atoms with Crippen LogP contribution >= 0.6 is 0 Å². The fourth-order valence-electron chi connectivity index (χ4n) is 4.79. The number of hydrogen-bond donors (Lipinski definition) is 3. The molecule has 256 valence electrons. The van der Waals surface area contributed by atoms with E-state index in [-0.39, 0.29) is 12.5 Å². The van der Waals surface area contributed by atoms with Crippen molar-refractivity contribution in [3.05, 3.63) is 85.1 Å². The van der Waals surface area contributed by atoms with E-state index < -0.39 is 12.1 Å². The van der Waals surface area contributed by atoms with Crippen LogP contribution in [0.3, 0.4) is 0 Å². The minimum absolute atomic E-state index is 0.124. The highest BCUT2D eigenvalue weighted by molar-refractivity contribution is 5.76. The summed E-state index contributed by atoms with van der Waals surface area (Å²) in [6.07, 6.45) is 52.4. The summed E-state index contributed by atoms with van der Waals surface area (Å²) in [6, 6.07) is -0.670. The minimum atomic E-state index is -0.890. The highest BCUT2D eigenvalue weighted by Crippen LogP contribution is 2.10. The Morgan fingerprint density at radius 2 is 1.00 bits per heavy atom. The molecule has 3 N–H and O–H groups in total. The van der Waals surface area contributed by atoms with Gasteiger partial charge in [0.15, 0.2) is 0 Å². The standard InChI is InChI=1S/C41H69NO3/c1-3-5-7-9-11-13-15-17-19-20-21-23-24-26-28-30-32-34-36-40(44)39(38-43)42-41(45)37-35-33-31-29-27-25-22-18-16-14-12-10-8-6-4-2/h6,8,12,14,18,20-22,26-29,34,36,39-40,43-44H,3-5,7,9-11,13,15-17,19,23-25,30-33,35,37-38H2,1-2H3,(H,42,45)/b8-6-,14-12-,21-20+,22-18-,28-26+,29-27-,36-34+. The summed E-state index contributed by atoms with van der Waals surface area (Å²) >= 11 is 0. The SMILES string of the molecule is CC/C=C\C/C=C\C/C=C\C/C=C\CCCCC(=O)NC(CO)C(O)/C=C/CC/C=C/CC/C=C/CCCCCCCCCC. The van der Waals surface area contributed by atoms with E-state index in [0.29, 0.717) is 6.42 Å². The molecule has 4 heteroatoms. The Hall–Kier alpha value is -2.43. The number of hydrogen-bond acceptors (Lipinski definition) is 3. The Morgan fingerprint density at radius 3 is 1.56 bits per heavy atom. The van der Waals surface area contributed by atoms with Crippen LogP contribution in [0.1, 0.15) is 149 Å². The molecule has 45 heavy (non-hydrogen) atoms. The van der Waals surface area contributed by atoms with Crippen LogP contribution in [0.25, 0.3) is 0 Å². The lowest BCUT2D eigenvalue weighted by Gasteiger charge is -2.19. The van der Waals surface area contributed by atoms with Gasteiger partial charge in [0.2, 0.25) is 5.91 Å². The van der Waals surface area contributed by atoms with E-state index in [4.69, 9.17) is 0 Å². The number of nitrogens with one attached hydrogen (secondary N) is 1. The molecule has 2 unspecified atom stereocenters. The fourth-order valence-corrected chi connectivity index (χ4v) is 4.79. The summed E-state index contributed by atoms with van der Waals surface area (Å²) in [5, 5.41) is 22.8. The number of unbranched alkanes of at least 4 members (excludes halogenated alkanes) is 12. The third-order valence-corrected chi connectivity index (χ3v) is 7.59. The van der Waals surface area contributed by atoms with Gasteiger partial charge in [-0.1, -0.05) is 144 Å². The van der Waals surface area contributed by atoms with E-state index in [0.717, 1.165) is 70.6 Å². The molecule has 0 saturated heterocycles.